The largest absolute Gasteiger partial charge is 0.326 e. The van der Waals surface area contributed by atoms with E-state index < -0.39 is 0 Å². The Morgan fingerprint density at radius 1 is 1.00 bits per heavy atom. The van der Waals surface area contributed by atoms with Gasteiger partial charge in [-0.3, -0.25) is 4.98 Å². The molecule has 0 saturated carbocycles. The number of nitrogens with one attached hydrogen (secondary N) is 1. The molecule has 2 aromatic rings. The molecule has 94 valence electrons. The fraction of sp³-hybridized carbons (Fsp3) is 0.267. The van der Waals surface area contributed by atoms with E-state index in [1.165, 1.54) is 11.1 Å². The summed E-state index contributed by atoms with van der Waals surface area (Å²) in [5, 5.41) is 3.42. The maximum atomic E-state index is 5.56. The summed E-state index contributed by atoms with van der Waals surface area (Å²) in [5.74, 6) is 0. The van der Waals surface area contributed by atoms with Crippen LogP contribution in [0.3, 0.4) is 0 Å². The summed E-state index contributed by atoms with van der Waals surface area (Å²) < 4.78 is 0. The molecule has 1 aromatic carbocycles. The standard InChI is InChI=1S/C15H19N3/c16-11-13-4-6-14(7-5-13)12-17-10-8-15-3-1-2-9-18-15/h1-7,9,17H,8,10-12,16H2. The summed E-state index contributed by atoms with van der Waals surface area (Å²) in [5.41, 5.74) is 9.15. The second kappa shape index (κ2) is 6.89. The summed E-state index contributed by atoms with van der Waals surface area (Å²) in [6, 6.07) is 14.4. The van der Waals surface area contributed by atoms with E-state index in [0.29, 0.717) is 6.54 Å². The van der Waals surface area contributed by atoms with Gasteiger partial charge in [-0.1, -0.05) is 30.3 Å². The predicted octanol–water partition coefficient (Wildman–Crippen LogP) is 1.87. The van der Waals surface area contributed by atoms with Gasteiger partial charge in [0, 0.05) is 37.9 Å². The van der Waals surface area contributed by atoms with Gasteiger partial charge in [-0.15, -0.1) is 0 Å². The van der Waals surface area contributed by atoms with Crippen molar-refractivity contribution in [3.63, 3.8) is 0 Å². The molecule has 0 aliphatic rings. The van der Waals surface area contributed by atoms with Crippen LogP contribution in [0, 0.1) is 0 Å². The maximum absolute atomic E-state index is 5.56. The van der Waals surface area contributed by atoms with Crippen molar-refractivity contribution >= 4 is 0 Å². The lowest BCUT2D eigenvalue weighted by atomic mass is 10.1. The molecule has 3 nitrogen and oxygen atoms in total. The zero-order valence-electron chi connectivity index (χ0n) is 10.5. The predicted molar refractivity (Wildman–Crippen MR) is 74.0 cm³/mol. The van der Waals surface area contributed by atoms with Crippen LogP contribution in [-0.2, 0) is 19.5 Å². The van der Waals surface area contributed by atoms with E-state index in [-0.39, 0.29) is 0 Å². The molecule has 0 unspecified atom stereocenters. The second-order valence-corrected chi connectivity index (χ2v) is 4.27. The summed E-state index contributed by atoms with van der Waals surface area (Å²) in [6.45, 7) is 2.43. The van der Waals surface area contributed by atoms with E-state index in [4.69, 9.17) is 5.73 Å². The van der Waals surface area contributed by atoms with Crippen molar-refractivity contribution in [1.82, 2.24) is 10.3 Å². The first-order valence-electron chi connectivity index (χ1n) is 6.27. The smallest absolute Gasteiger partial charge is 0.0416 e. The Morgan fingerprint density at radius 2 is 1.78 bits per heavy atom. The Kier molecular flexibility index (Phi) is 4.88. The molecule has 0 spiro atoms. The first kappa shape index (κ1) is 12.7. The highest BCUT2D eigenvalue weighted by atomic mass is 14.8. The lowest BCUT2D eigenvalue weighted by Crippen LogP contribution is -2.17. The minimum atomic E-state index is 0.605. The number of pyridine rings is 1. The van der Waals surface area contributed by atoms with Crippen molar-refractivity contribution in [2.24, 2.45) is 5.73 Å². The number of aromatic nitrogens is 1. The topological polar surface area (TPSA) is 50.9 Å². The van der Waals surface area contributed by atoms with E-state index in [0.717, 1.165) is 25.2 Å². The second-order valence-electron chi connectivity index (χ2n) is 4.27. The van der Waals surface area contributed by atoms with Gasteiger partial charge in [-0.05, 0) is 23.3 Å². The van der Waals surface area contributed by atoms with Crippen molar-refractivity contribution in [2.45, 2.75) is 19.5 Å². The van der Waals surface area contributed by atoms with Gasteiger partial charge in [0.05, 0.1) is 0 Å². The highest BCUT2D eigenvalue weighted by Gasteiger charge is 1.95. The average Bonchev–Trinajstić information content (AvgIpc) is 2.45. The molecular formula is C15H19N3. The molecule has 2 rings (SSSR count). The minimum Gasteiger partial charge on any atom is -0.326 e. The summed E-state index contributed by atoms with van der Waals surface area (Å²) in [4.78, 5) is 4.29. The summed E-state index contributed by atoms with van der Waals surface area (Å²) in [7, 11) is 0. The van der Waals surface area contributed by atoms with Gasteiger partial charge in [0.2, 0.25) is 0 Å². The van der Waals surface area contributed by atoms with E-state index in [1.54, 1.807) is 0 Å². The molecule has 1 heterocycles. The van der Waals surface area contributed by atoms with Crippen LogP contribution in [0.15, 0.2) is 48.7 Å². The molecule has 0 aliphatic carbocycles. The maximum Gasteiger partial charge on any atom is 0.0416 e. The molecule has 0 saturated heterocycles. The van der Waals surface area contributed by atoms with E-state index >= 15 is 0 Å². The van der Waals surface area contributed by atoms with E-state index in [1.807, 2.05) is 18.3 Å². The zero-order chi connectivity index (χ0) is 12.6. The quantitative estimate of drug-likeness (QED) is 0.759. The van der Waals surface area contributed by atoms with Crippen LogP contribution >= 0.6 is 0 Å². The Morgan fingerprint density at radius 3 is 2.44 bits per heavy atom. The number of hydrogen-bond donors (Lipinski definition) is 2. The molecular weight excluding hydrogens is 222 g/mol. The molecule has 3 heteroatoms. The van der Waals surface area contributed by atoms with Gasteiger partial charge in [-0.25, -0.2) is 0 Å². The van der Waals surface area contributed by atoms with Crippen molar-refractivity contribution in [1.29, 1.82) is 0 Å². The third-order valence-corrected chi connectivity index (χ3v) is 2.87. The van der Waals surface area contributed by atoms with Crippen LogP contribution in [-0.4, -0.2) is 11.5 Å². The Bertz CT molecular complexity index is 451. The van der Waals surface area contributed by atoms with Gasteiger partial charge in [0.25, 0.3) is 0 Å². The van der Waals surface area contributed by atoms with Gasteiger partial charge >= 0.3 is 0 Å². The van der Waals surface area contributed by atoms with E-state index in [9.17, 15) is 0 Å². The first-order valence-corrected chi connectivity index (χ1v) is 6.27. The zero-order valence-corrected chi connectivity index (χ0v) is 10.5. The highest BCUT2D eigenvalue weighted by Crippen LogP contribution is 2.03. The average molecular weight is 241 g/mol. The molecule has 0 atom stereocenters. The number of nitrogens with zero attached hydrogens (tertiary/aromatic N) is 1. The molecule has 3 N–H and O–H groups in total. The van der Waals surface area contributed by atoms with Crippen LogP contribution in [0.1, 0.15) is 16.8 Å². The fourth-order valence-corrected chi connectivity index (χ4v) is 1.79. The molecule has 0 amide bonds. The molecule has 0 aliphatic heterocycles. The van der Waals surface area contributed by atoms with Crippen molar-refractivity contribution in [3.8, 4) is 0 Å². The highest BCUT2D eigenvalue weighted by molar-refractivity contribution is 5.22. The molecule has 0 bridgehead atoms. The van der Waals surface area contributed by atoms with Crippen LogP contribution in [0.25, 0.3) is 0 Å². The van der Waals surface area contributed by atoms with Crippen LogP contribution in [0.5, 0.6) is 0 Å². The van der Waals surface area contributed by atoms with Crippen LogP contribution in [0.4, 0.5) is 0 Å². The Hall–Kier alpha value is -1.71. The van der Waals surface area contributed by atoms with Crippen molar-refractivity contribution in [2.75, 3.05) is 6.54 Å². The van der Waals surface area contributed by atoms with Gasteiger partial charge in [-0.2, -0.15) is 0 Å². The number of hydrogen-bond acceptors (Lipinski definition) is 3. The molecule has 0 radical (unpaired) electrons. The number of benzene rings is 1. The van der Waals surface area contributed by atoms with Gasteiger partial charge in [0.15, 0.2) is 0 Å². The van der Waals surface area contributed by atoms with Gasteiger partial charge < -0.3 is 11.1 Å². The van der Waals surface area contributed by atoms with Crippen LogP contribution < -0.4 is 11.1 Å². The Labute approximate surface area is 108 Å². The monoisotopic (exact) mass is 241 g/mol. The van der Waals surface area contributed by atoms with Gasteiger partial charge in [0.1, 0.15) is 0 Å². The SMILES string of the molecule is NCc1ccc(CNCCc2ccccn2)cc1. The third kappa shape index (κ3) is 3.95. The normalized spacial score (nSPS) is 10.5. The Balaban J connectivity index is 1.72. The molecule has 0 fully saturated rings. The first-order chi connectivity index (χ1) is 8.88. The minimum absolute atomic E-state index is 0.605. The summed E-state index contributed by atoms with van der Waals surface area (Å²) in [6.07, 6.45) is 2.79. The van der Waals surface area contributed by atoms with Crippen molar-refractivity contribution in [3.05, 3.63) is 65.5 Å². The number of rotatable bonds is 6. The lowest BCUT2D eigenvalue weighted by molar-refractivity contribution is 0.680. The summed E-state index contributed by atoms with van der Waals surface area (Å²) >= 11 is 0. The fourth-order valence-electron chi connectivity index (χ4n) is 1.79. The lowest BCUT2D eigenvalue weighted by Gasteiger charge is -2.05. The molecule has 1 aromatic heterocycles. The van der Waals surface area contributed by atoms with Crippen molar-refractivity contribution < 1.29 is 0 Å². The molecule has 18 heavy (non-hydrogen) atoms. The number of nitrogens with two attached hydrogens (primary N) is 1. The van der Waals surface area contributed by atoms with Crippen LogP contribution in [0.2, 0.25) is 0 Å². The van der Waals surface area contributed by atoms with E-state index in [2.05, 4.69) is 40.6 Å². The third-order valence-electron chi connectivity index (χ3n) is 2.87.